The van der Waals surface area contributed by atoms with Gasteiger partial charge in [0, 0.05) is 24.7 Å². The van der Waals surface area contributed by atoms with Crippen LogP contribution >= 0.6 is 0 Å². The van der Waals surface area contributed by atoms with E-state index in [0.717, 1.165) is 31.3 Å². The number of nitrogens with one attached hydrogen (secondary N) is 1. The van der Waals surface area contributed by atoms with E-state index in [1.165, 1.54) is 57.9 Å². The summed E-state index contributed by atoms with van der Waals surface area (Å²) in [7, 11) is 0. The zero-order valence-electron chi connectivity index (χ0n) is 12.4. The Kier molecular flexibility index (Phi) is 4.78. The van der Waals surface area contributed by atoms with Gasteiger partial charge < -0.3 is 10.1 Å². The minimum atomic E-state index is 0.537. The summed E-state index contributed by atoms with van der Waals surface area (Å²) in [6.07, 6.45) is 11.4. The lowest BCUT2D eigenvalue weighted by Gasteiger charge is -2.48. The van der Waals surface area contributed by atoms with Gasteiger partial charge in [0.1, 0.15) is 0 Å². The molecule has 3 nitrogen and oxygen atoms in total. The van der Waals surface area contributed by atoms with Crippen LogP contribution in [-0.4, -0.2) is 48.8 Å². The van der Waals surface area contributed by atoms with E-state index in [4.69, 9.17) is 4.74 Å². The standard InChI is InChI=1S/C16H30N2O/c1-2-10-17-13-6-5-8-14(13)18-11-12-19-16-9-4-3-7-15(16)18/h13-17H,2-12H2,1H3. The van der Waals surface area contributed by atoms with Crippen molar-refractivity contribution in [3.8, 4) is 0 Å². The molecule has 110 valence electrons. The molecule has 1 heterocycles. The van der Waals surface area contributed by atoms with Crippen molar-refractivity contribution in [3.63, 3.8) is 0 Å². The monoisotopic (exact) mass is 266 g/mol. The molecule has 3 heteroatoms. The van der Waals surface area contributed by atoms with E-state index in [9.17, 15) is 0 Å². The van der Waals surface area contributed by atoms with Gasteiger partial charge in [-0.15, -0.1) is 0 Å². The van der Waals surface area contributed by atoms with Gasteiger partial charge in [-0.05, 0) is 38.6 Å². The number of fused-ring (bicyclic) bond motifs is 1. The molecule has 1 aliphatic heterocycles. The highest BCUT2D eigenvalue weighted by atomic mass is 16.5. The Morgan fingerprint density at radius 3 is 2.79 bits per heavy atom. The molecule has 0 aromatic heterocycles. The van der Waals surface area contributed by atoms with Crippen molar-refractivity contribution < 1.29 is 4.74 Å². The highest BCUT2D eigenvalue weighted by Crippen LogP contribution is 2.34. The molecular formula is C16H30N2O. The molecule has 2 saturated carbocycles. The minimum absolute atomic E-state index is 0.537. The Morgan fingerprint density at radius 1 is 1.05 bits per heavy atom. The van der Waals surface area contributed by atoms with Gasteiger partial charge in [0.2, 0.25) is 0 Å². The van der Waals surface area contributed by atoms with Crippen molar-refractivity contribution in [3.05, 3.63) is 0 Å². The van der Waals surface area contributed by atoms with E-state index < -0.39 is 0 Å². The van der Waals surface area contributed by atoms with Gasteiger partial charge in [-0.1, -0.05) is 26.2 Å². The lowest BCUT2D eigenvalue weighted by Crippen LogP contribution is -2.59. The molecule has 3 fully saturated rings. The third-order valence-corrected chi connectivity index (χ3v) is 5.34. The van der Waals surface area contributed by atoms with Crippen LogP contribution in [0.1, 0.15) is 58.3 Å². The number of nitrogens with zero attached hydrogens (tertiary/aromatic N) is 1. The van der Waals surface area contributed by atoms with Crippen LogP contribution in [0.5, 0.6) is 0 Å². The van der Waals surface area contributed by atoms with E-state index in [1.807, 2.05) is 0 Å². The maximum atomic E-state index is 6.03. The van der Waals surface area contributed by atoms with Crippen molar-refractivity contribution in [1.82, 2.24) is 10.2 Å². The molecule has 0 aromatic carbocycles. The summed E-state index contributed by atoms with van der Waals surface area (Å²) in [6, 6.07) is 2.23. The molecule has 1 N–H and O–H groups in total. The summed E-state index contributed by atoms with van der Waals surface area (Å²) in [6.45, 7) is 5.57. The van der Waals surface area contributed by atoms with Gasteiger partial charge in [-0.2, -0.15) is 0 Å². The fourth-order valence-electron chi connectivity index (χ4n) is 4.44. The Balaban J connectivity index is 1.65. The van der Waals surface area contributed by atoms with E-state index in [2.05, 4.69) is 17.1 Å². The van der Waals surface area contributed by atoms with Gasteiger partial charge in [-0.3, -0.25) is 4.90 Å². The van der Waals surface area contributed by atoms with E-state index in [1.54, 1.807) is 0 Å². The second kappa shape index (κ2) is 6.55. The zero-order chi connectivity index (χ0) is 13.1. The van der Waals surface area contributed by atoms with Crippen molar-refractivity contribution in [2.45, 2.75) is 82.5 Å². The Hall–Kier alpha value is -0.120. The topological polar surface area (TPSA) is 24.5 Å². The molecule has 4 unspecified atom stereocenters. The van der Waals surface area contributed by atoms with Crippen LogP contribution in [0.2, 0.25) is 0 Å². The summed E-state index contributed by atoms with van der Waals surface area (Å²) in [5, 5.41) is 3.79. The highest BCUT2D eigenvalue weighted by Gasteiger charge is 2.41. The summed E-state index contributed by atoms with van der Waals surface area (Å²) in [5.74, 6) is 0. The SMILES string of the molecule is CCCNC1CCCC1N1CCOC2CCCCC21. The van der Waals surface area contributed by atoms with Gasteiger partial charge in [-0.25, -0.2) is 0 Å². The smallest absolute Gasteiger partial charge is 0.0731 e. The van der Waals surface area contributed by atoms with Crippen LogP contribution in [0, 0.1) is 0 Å². The first-order valence-electron chi connectivity index (χ1n) is 8.51. The normalized spacial score (nSPS) is 40.3. The lowest BCUT2D eigenvalue weighted by atomic mass is 9.88. The summed E-state index contributed by atoms with van der Waals surface area (Å²) in [4.78, 5) is 2.83. The number of hydrogen-bond acceptors (Lipinski definition) is 3. The van der Waals surface area contributed by atoms with Crippen molar-refractivity contribution in [2.24, 2.45) is 0 Å². The third-order valence-electron chi connectivity index (χ3n) is 5.34. The molecule has 0 radical (unpaired) electrons. The predicted molar refractivity (Wildman–Crippen MR) is 78.4 cm³/mol. The van der Waals surface area contributed by atoms with Crippen molar-refractivity contribution in [2.75, 3.05) is 19.7 Å². The largest absolute Gasteiger partial charge is 0.375 e. The molecule has 3 rings (SSSR count). The molecular weight excluding hydrogens is 236 g/mol. The van der Waals surface area contributed by atoms with Crippen LogP contribution in [0.25, 0.3) is 0 Å². The van der Waals surface area contributed by atoms with Crippen LogP contribution < -0.4 is 5.32 Å². The molecule has 0 aromatic rings. The van der Waals surface area contributed by atoms with Gasteiger partial charge in [0.25, 0.3) is 0 Å². The fraction of sp³-hybridized carbons (Fsp3) is 1.00. The fourth-order valence-corrected chi connectivity index (χ4v) is 4.44. The number of hydrogen-bond donors (Lipinski definition) is 1. The summed E-state index contributed by atoms with van der Waals surface area (Å²) in [5.41, 5.74) is 0. The average molecular weight is 266 g/mol. The first kappa shape index (κ1) is 13.8. The average Bonchev–Trinajstić information content (AvgIpc) is 2.92. The van der Waals surface area contributed by atoms with E-state index >= 15 is 0 Å². The molecule has 0 amide bonds. The van der Waals surface area contributed by atoms with Gasteiger partial charge >= 0.3 is 0 Å². The summed E-state index contributed by atoms with van der Waals surface area (Å²) < 4.78 is 6.03. The van der Waals surface area contributed by atoms with Crippen LogP contribution in [0.3, 0.4) is 0 Å². The van der Waals surface area contributed by atoms with Crippen molar-refractivity contribution in [1.29, 1.82) is 0 Å². The zero-order valence-corrected chi connectivity index (χ0v) is 12.4. The van der Waals surface area contributed by atoms with E-state index in [-0.39, 0.29) is 0 Å². The number of rotatable bonds is 4. The molecule has 4 atom stereocenters. The van der Waals surface area contributed by atoms with Gasteiger partial charge in [0.15, 0.2) is 0 Å². The quantitative estimate of drug-likeness (QED) is 0.846. The molecule has 0 bridgehead atoms. The van der Waals surface area contributed by atoms with Crippen molar-refractivity contribution >= 4 is 0 Å². The highest BCUT2D eigenvalue weighted by molar-refractivity contribution is 4.97. The molecule has 1 saturated heterocycles. The van der Waals surface area contributed by atoms with Crippen LogP contribution in [0.4, 0.5) is 0 Å². The maximum Gasteiger partial charge on any atom is 0.0731 e. The number of ether oxygens (including phenoxy) is 1. The Labute approximate surface area is 118 Å². The van der Waals surface area contributed by atoms with E-state index in [0.29, 0.717) is 6.10 Å². The Morgan fingerprint density at radius 2 is 1.89 bits per heavy atom. The second-order valence-electron chi connectivity index (χ2n) is 6.56. The Bertz CT molecular complexity index is 282. The summed E-state index contributed by atoms with van der Waals surface area (Å²) >= 11 is 0. The molecule has 19 heavy (non-hydrogen) atoms. The molecule has 0 spiro atoms. The molecule has 2 aliphatic carbocycles. The minimum Gasteiger partial charge on any atom is -0.375 e. The first-order valence-corrected chi connectivity index (χ1v) is 8.51. The van der Waals surface area contributed by atoms with Crippen LogP contribution in [0.15, 0.2) is 0 Å². The molecule has 3 aliphatic rings. The third kappa shape index (κ3) is 2.98. The second-order valence-corrected chi connectivity index (χ2v) is 6.56. The maximum absolute atomic E-state index is 6.03. The number of morpholine rings is 1. The van der Waals surface area contributed by atoms with Gasteiger partial charge in [0.05, 0.1) is 12.7 Å². The predicted octanol–water partition coefficient (Wildman–Crippen LogP) is 2.55. The first-order chi connectivity index (χ1) is 9.40. The lowest BCUT2D eigenvalue weighted by molar-refractivity contribution is -0.104. The van der Waals surface area contributed by atoms with Crippen LogP contribution in [-0.2, 0) is 4.74 Å².